The highest BCUT2D eigenvalue weighted by Crippen LogP contribution is 2.29. The van der Waals surface area contributed by atoms with E-state index in [-0.39, 0.29) is 0 Å². The number of carbonyl (C=O) groups excluding carboxylic acids is 1. The van der Waals surface area contributed by atoms with Crippen LogP contribution in [0.5, 0.6) is 0 Å². The maximum Gasteiger partial charge on any atom is 0.258 e. The number of piperidine rings is 1. The van der Waals surface area contributed by atoms with Gasteiger partial charge in [-0.1, -0.05) is 0 Å². The summed E-state index contributed by atoms with van der Waals surface area (Å²) in [6.45, 7) is 2.26. The van der Waals surface area contributed by atoms with Gasteiger partial charge in [-0.3, -0.25) is 9.20 Å². The van der Waals surface area contributed by atoms with Crippen molar-refractivity contribution in [3.63, 3.8) is 0 Å². The summed E-state index contributed by atoms with van der Waals surface area (Å²) in [5, 5.41) is 5.29. The van der Waals surface area contributed by atoms with Crippen LogP contribution in [0.25, 0.3) is 16.9 Å². The minimum Gasteiger partial charge on any atom is -0.372 e. The lowest BCUT2D eigenvalue weighted by molar-refractivity contribution is 0.100. The van der Waals surface area contributed by atoms with Crippen LogP contribution in [0, 0.1) is 0 Å². The third-order valence-electron chi connectivity index (χ3n) is 5.42. The lowest BCUT2D eigenvalue weighted by atomic mass is 10.1. The number of imidazole rings is 1. The van der Waals surface area contributed by atoms with Crippen molar-refractivity contribution in [1.29, 1.82) is 0 Å². The highest BCUT2D eigenvalue weighted by Gasteiger charge is 2.14. The van der Waals surface area contributed by atoms with Crippen LogP contribution in [-0.4, -0.2) is 33.4 Å². The molecule has 0 unspecified atom stereocenters. The number of nitrogens with one attached hydrogen (secondary N) is 1. The molecule has 0 atom stereocenters. The number of nitrogens with two attached hydrogens (primary N) is 1. The number of thiophene rings is 1. The van der Waals surface area contributed by atoms with Crippen LogP contribution in [0.3, 0.4) is 0 Å². The fourth-order valence-electron chi connectivity index (χ4n) is 3.86. The average molecular weight is 419 g/mol. The molecule has 4 aromatic rings. The van der Waals surface area contributed by atoms with E-state index >= 15 is 0 Å². The highest BCUT2D eigenvalue weighted by molar-refractivity contribution is 7.12. The molecule has 8 heteroatoms. The van der Waals surface area contributed by atoms with E-state index in [4.69, 9.17) is 5.73 Å². The summed E-state index contributed by atoms with van der Waals surface area (Å²) < 4.78 is 1.96. The number of rotatable bonds is 5. The molecule has 0 saturated carbocycles. The van der Waals surface area contributed by atoms with Crippen molar-refractivity contribution < 1.29 is 4.79 Å². The molecule has 1 saturated heterocycles. The van der Waals surface area contributed by atoms with E-state index in [0.717, 1.165) is 35.7 Å². The van der Waals surface area contributed by atoms with Gasteiger partial charge in [0.2, 0.25) is 0 Å². The van der Waals surface area contributed by atoms with Crippen LogP contribution >= 0.6 is 11.3 Å². The number of hydrogen-bond donors (Lipinski definition) is 2. The third-order valence-corrected chi connectivity index (χ3v) is 6.36. The molecule has 5 rings (SSSR count). The standard InChI is InChI=1S/C22H22N6OS/c23-20(29)19-12-15(14-30-19)18-13-25-21(22-24-8-11-28(18)22)26-16-4-6-17(7-5-16)27-9-2-1-3-10-27/h4-8,11-14H,1-3,9-10H2,(H2,23,29)(H,25,26). The van der Waals surface area contributed by atoms with Crippen molar-refractivity contribution in [1.82, 2.24) is 14.4 Å². The lowest BCUT2D eigenvalue weighted by Crippen LogP contribution is -2.29. The van der Waals surface area contributed by atoms with Crippen molar-refractivity contribution in [2.75, 3.05) is 23.3 Å². The molecular weight excluding hydrogens is 396 g/mol. The summed E-state index contributed by atoms with van der Waals surface area (Å²) in [5.74, 6) is 0.257. The van der Waals surface area contributed by atoms with Crippen molar-refractivity contribution in [2.45, 2.75) is 19.3 Å². The monoisotopic (exact) mass is 418 g/mol. The van der Waals surface area contributed by atoms with Gasteiger partial charge in [0.15, 0.2) is 11.5 Å². The Balaban J connectivity index is 1.41. The minimum absolute atomic E-state index is 0.424. The molecule has 1 fully saturated rings. The number of carbonyl (C=O) groups is 1. The van der Waals surface area contributed by atoms with E-state index in [0.29, 0.717) is 10.7 Å². The van der Waals surface area contributed by atoms with Crippen LogP contribution in [0.1, 0.15) is 28.9 Å². The predicted octanol–water partition coefficient (Wildman–Crippen LogP) is 4.29. The topological polar surface area (TPSA) is 88.5 Å². The largest absolute Gasteiger partial charge is 0.372 e. The van der Waals surface area contributed by atoms with E-state index in [1.54, 1.807) is 18.5 Å². The van der Waals surface area contributed by atoms with Gasteiger partial charge in [-0.25, -0.2) is 9.97 Å². The second kappa shape index (κ2) is 7.79. The molecule has 4 heterocycles. The van der Waals surface area contributed by atoms with Crippen LogP contribution in [-0.2, 0) is 0 Å². The Hall–Kier alpha value is -3.39. The van der Waals surface area contributed by atoms with Gasteiger partial charge in [-0.15, -0.1) is 11.3 Å². The number of nitrogens with zero attached hydrogens (tertiary/aromatic N) is 4. The molecule has 152 valence electrons. The van der Waals surface area contributed by atoms with Crippen LogP contribution in [0.15, 0.2) is 54.3 Å². The molecular formula is C22H22N6OS. The Kier molecular flexibility index (Phi) is 4.84. The number of amides is 1. The van der Waals surface area contributed by atoms with Crippen molar-refractivity contribution in [3.05, 3.63) is 59.2 Å². The van der Waals surface area contributed by atoms with Gasteiger partial charge in [0.1, 0.15) is 0 Å². The first-order valence-corrected chi connectivity index (χ1v) is 10.9. The molecule has 0 aliphatic carbocycles. The molecule has 0 radical (unpaired) electrons. The summed E-state index contributed by atoms with van der Waals surface area (Å²) in [7, 11) is 0. The zero-order chi connectivity index (χ0) is 20.5. The lowest BCUT2D eigenvalue weighted by Gasteiger charge is -2.28. The van der Waals surface area contributed by atoms with Crippen molar-refractivity contribution >= 4 is 40.1 Å². The second-order valence-corrected chi connectivity index (χ2v) is 8.31. The maximum absolute atomic E-state index is 11.4. The van der Waals surface area contributed by atoms with Gasteiger partial charge in [-0.2, -0.15) is 0 Å². The van der Waals surface area contributed by atoms with Gasteiger partial charge in [0, 0.05) is 47.8 Å². The molecule has 1 amide bonds. The van der Waals surface area contributed by atoms with E-state index in [9.17, 15) is 4.79 Å². The summed E-state index contributed by atoms with van der Waals surface area (Å²) in [6, 6.07) is 10.3. The molecule has 0 spiro atoms. The first-order valence-electron chi connectivity index (χ1n) is 10.0. The van der Waals surface area contributed by atoms with Gasteiger partial charge >= 0.3 is 0 Å². The van der Waals surface area contributed by atoms with Crippen molar-refractivity contribution in [3.8, 4) is 11.3 Å². The average Bonchev–Trinajstić information content (AvgIpc) is 3.46. The molecule has 3 N–H and O–H groups in total. The number of aromatic nitrogens is 3. The summed E-state index contributed by atoms with van der Waals surface area (Å²) in [4.78, 5) is 23.5. The smallest absolute Gasteiger partial charge is 0.258 e. The van der Waals surface area contributed by atoms with Gasteiger partial charge in [-0.05, 0) is 49.6 Å². The fraction of sp³-hybridized carbons (Fsp3) is 0.227. The number of benzene rings is 1. The van der Waals surface area contributed by atoms with E-state index in [2.05, 4.69) is 44.5 Å². The van der Waals surface area contributed by atoms with E-state index < -0.39 is 5.91 Å². The number of anilines is 3. The SMILES string of the molecule is NC(=O)c1cc(-c2cnc(Nc3ccc(N4CCCCC4)cc3)c3nccn23)cs1. The second-order valence-electron chi connectivity index (χ2n) is 7.40. The van der Waals surface area contributed by atoms with Gasteiger partial charge in [0.05, 0.1) is 16.8 Å². The van der Waals surface area contributed by atoms with Crippen LogP contribution in [0.2, 0.25) is 0 Å². The van der Waals surface area contributed by atoms with Crippen molar-refractivity contribution in [2.24, 2.45) is 5.73 Å². The summed E-state index contributed by atoms with van der Waals surface area (Å²) in [5.41, 5.74) is 10.1. The minimum atomic E-state index is -0.424. The number of primary amides is 1. The number of fused-ring (bicyclic) bond motifs is 1. The quantitative estimate of drug-likeness (QED) is 0.505. The first-order chi connectivity index (χ1) is 14.7. The Morgan fingerprint density at radius 1 is 1.10 bits per heavy atom. The van der Waals surface area contributed by atoms with Crippen LogP contribution < -0.4 is 16.0 Å². The predicted molar refractivity (Wildman–Crippen MR) is 121 cm³/mol. The maximum atomic E-state index is 11.4. The highest BCUT2D eigenvalue weighted by atomic mass is 32.1. The Bertz CT molecular complexity index is 1190. The Labute approximate surface area is 178 Å². The normalized spacial score (nSPS) is 14.2. The van der Waals surface area contributed by atoms with E-state index in [1.165, 1.54) is 36.3 Å². The van der Waals surface area contributed by atoms with Crippen LogP contribution in [0.4, 0.5) is 17.2 Å². The van der Waals surface area contributed by atoms with E-state index in [1.807, 2.05) is 16.0 Å². The first kappa shape index (κ1) is 18.6. The Morgan fingerprint density at radius 3 is 2.63 bits per heavy atom. The molecule has 30 heavy (non-hydrogen) atoms. The summed E-state index contributed by atoms with van der Waals surface area (Å²) >= 11 is 1.33. The van der Waals surface area contributed by atoms with Gasteiger partial charge in [0.25, 0.3) is 5.91 Å². The zero-order valence-corrected chi connectivity index (χ0v) is 17.2. The molecule has 1 aliphatic rings. The molecule has 3 aromatic heterocycles. The Morgan fingerprint density at radius 2 is 1.90 bits per heavy atom. The fourth-order valence-corrected chi connectivity index (χ4v) is 4.62. The summed E-state index contributed by atoms with van der Waals surface area (Å²) in [6.07, 6.45) is 9.27. The molecule has 1 aromatic carbocycles. The zero-order valence-electron chi connectivity index (χ0n) is 16.4. The van der Waals surface area contributed by atoms with Gasteiger partial charge < -0.3 is 16.0 Å². The third kappa shape index (κ3) is 3.50. The molecule has 7 nitrogen and oxygen atoms in total. The number of hydrogen-bond acceptors (Lipinski definition) is 6. The molecule has 0 bridgehead atoms. The molecule has 1 aliphatic heterocycles.